The van der Waals surface area contributed by atoms with Crippen LogP contribution in [0.1, 0.15) is 48.6 Å². The van der Waals surface area contributed by atoms with Crippen LogP contribution in [0.2, 0.25) is 0 Å². The van der Waals surface area contributed by atoms with Crippen LogP contribution in [0, 0.1) is 6.92 Å². The number of carbonyl (C=O) groups excluding carboxylic acids is 1. The number of Topliss-reactive ketones (excluding diaryl/α,β-unsaturated/α-hetero) is 1. The third-order valence-electron chi connectivity index (χ3n) is 4.72. The number of piperidine rings is 1. The standard InChI is InChI=1S/C20H26N2OS/c1-14-7-6-9-17(11-14)20-18(24-19(21-20)12-16(3)23)13-22-10-5-4-8-15(22)2/h6-7,9,11,15H,4-5,8,10,12-13H2,1-3H3/t15-/m1/s1. The number of rotatable bonds is 5. The molecule has 3 nitrogen and oxygen atoms in total. The van der Waals surface area contributed by atoms with Crippen LogP contribution in [-0.2, 0) is 17.8 Å². The molecule has 0 radical (unpaired) electrons. The molecule has 1 aromatic heterocycles. The van der Waals surface area contributed by atoms with Gasteiger partial charge in [0.15, 0.2) is 0 Å². The highest BCUT2D eigenvalue weighted by atomic mass is 32.1. The van der Waals surface area contributed by atoms with Crippen molar-refractivity contribution in [2.75, 3.05) is 6.54 Å². The lowest BCUT2D eigenvalue weighted by atomic mass is 10.0. The van der Waals surface area contributed by atoms with E-state index in [-0.39, 0.29) is 5.78 Å². The molecule has 1 atom stereocenters. The number of benzene rings is 1. The van der Waals surface area contributed by atoms with Crippen molar-refractivity contribution in [1.29, 1.82) is 0 Å². The average Bonchev–Trinajstić information content (AvgIpc) is 2.91. The van der Waals surface area contributed by atoms with Gasteiger partial charge in [-0.25, -0.2) is 4.98 Å². The molecule has 1 aliphatic rings. The minimum Gasteiger partial charge on any atom is -0.300 e. The Labute approximate surface area is 148 Å². The number of hydrogen-bond donors (Lipinski definition) is 0. The lowest BCUT2D eigenvalue weighted by molar-refractivity contribution is -0.116. The number of carbonyl (C=O) groups is 1. The van der Waals surface area contributed by atoms with E-state index in [1.807, 2.05) is 0 Å². The van der Waals surface area contributed by atoms with Gasteiger partial charge in [-0.2, -0.15) is 0 Å². The minimum absolute atomic E-state index is 0.178. The van der Waals surface area contributed by atoms with Gasteiger partial charge in [-0.15, -0.1) is 11.3 Å². The zero-order valence-corrected chi connectivity index (χ0v) is 15.7. The fourth-order valence-electron chi connectivity index (χ4n) is 3.39. The first-order valence-electron chi connectivity index (χ1n) is 8.82. The molecular weight excluding hydrogens is 316 g/mol. The van der Waals surface area contributed by atoms with Crippen molar-refractivity contribution in [3.05, 3.63) is 39.7 Å². The molecule has 1 saturated heterocycles. The van der Waals surface area contributed by atoms with Crippen LogP contribution in [0.5, 0.6) is 0 Å². The summed E-state index contributed by atoms with van der Waals surface area (Å²) in [4.78, 5) is 20.2. The molecule has 0 saturated carbocycles. The van der Waals surface area contributed by atoms with Crippen molar-refractivity contribution in [3.8, 4) is 11.3 Å². The molecule has 3 rings (SSSR count). The average molecular weight is 343 g/mol. The maximum absolute atomic E-state index is 11.5. The third kappa shape index (κ3) is 4.11. The quantitative estimate of drug-likeness (QED) is 0.794. The van der Waals surface area contributed by atoms with Crippen LogP contribution in [0.25, 0.3) is 11.3 Å². The van der Waals surface area contributed by atoms with Crippen molar-refractivity contribution in [1.82, 2.24) is 9.88 Å². The fourth-order valence-corrected chi connectivity index (χ4v) is 4.58. The second-order valence-electron chi connectivity index (χ2n) is 6.94. The van der Waals surface area contributed by atoms with Gasteiger partial charge >= 0.3 is 0 Å². The lowest BCUT2D eigenvalue weighted by Gasteiger charge is -2.33. The van der Waals surface area contributed by atoms with Gasteiger partial charge < -0.3 is 0 Å². The monoisotopic (exact) mass is 342 g/mol. The first-order valence-corrected chi connectivity index (χ1v) is 9.63. The topological polar surface area (TPSA) is 33.2 Å². The highest BCUT2D eigenvalue weighted by Crippen LogP contribution is 2.32. The number of aromatic nitrogens is 1. The molecule has 0 unspecified atom stereocenters. The SMILES string of the molecule is CC(=O)Cc1nc(-c2cccc(C)c2)c(CN2CCCC[C@H]2C)s1. The van der Waals surface area contributed by atoms with E-state index in [0.717, 1.165) is 23.8 Å². The Morgan fingerprint density at radius 1 is 1.38 bits per heavy atom. The number of aryl methyl sites for hydroxylation is 1. The van der Waals surface area contributed by atoms with Gasteiger partial charge in [-0.1, -0.05) is 30.2 Å². The largest absolute Gasteiger partial charge is 0.300 e. The molecule has 0 amide bonds. The molecule has 1 aliphatic heterocycles. The van der Waals surface area contributed by atoms with Gasteiger partial charge in [-0.3, -0.25) is 9.69 Å². The van der Waals surface area contributed by atoms with Gasteiger partial charge in [0.2, 0.25) is 0 Å². The zero-order valence-electron chi connectivity index (χ0n) is 14.8. The Bertz CT molecular complexity index is 722. The van der Waals surface area contributed by atoms with Crippen LogP contribution in [0.15, 0.2) is 24.3 Å². The van der Waals surface area contributed by atoms with Crippen LogP contribution < -0.4 is 0 Å². The Balaban J connectivity index is 1.93. The predicted molar refractivity (Wildman–Crippen MR) is 100 cm³/mol. The van der Waals surface area contributed by atoms with E-state index in [1.54, 1.807) is 18.3 Å². The summed E-state index contributed by atoms with van der Waals surface area (Å²) in [6, 6.07) is 9.14. The minimum atomic E-state index is 0.178. The van der Waals surface area contributed by atoms with Gasteiger partial charge in [0.05, 0.1) is 12.1 Å². The molecule has 2 heterocycles. The van der Waals surface area contributed by atoms with Crippen molar-refractivity contribution in [2.24, 2.45) is 0 Å². The first kappa shape index (κ1) is 17.3. The smallest absolute Gasteiger partial charge is 0.136 e. The van der Waals surface area contributed by atoms with Crippen molar-refractivity contribution >= 4 is 17.1 Å². The summed E-state index contributed by atoms with van der Waals surface area (Å²) in [5.74, 6) is 0.178. The Kier molecular flexibility index (Phi) is 5.47. The maximum Gasteiger partial charge on any atom is 0.136 e. The molecule has 0 N–H and O–H groups in total. The van der Waals surface area contributed by atoms with Crippen LogP contribution in [0.3, 0.4) is 0 Å². The second-order valence-corrected chi connectivity index (χ2v) is 8.11. The molecule has 0 spiro atoms. The lowest BCUT2D eigenvalue weighted by Crippen LogP contribution is -2.36. The number of nitrogens with zero attached hydrogens (tertiary/aromatic N) is 2. The Morgan fingerprint density at radius 3 is 2.92 bits per heavy atom. The summed E-state index contributed by atoms with van der Waals surface area (Å²) >= 11 is 1.71. The van der Waals surface area contributed by atoms with Crippen LogP contribution >= 0.6 is 11.3 Å². The number of hydrogen-bond acceptors (Lipinski definition) is 4. The summed E-state index contributed by atoms with van der Waals surface area (Å²) in [7, 11) is 0. The van der Waals surface area contributed by atoms with Gasteiger partial charge in [0, 0.05) is 23.0 Å². The zero-order chi connectivity index (χ0) is 17.1. The van der Waals surface area contributed by atoms with E-state index < -0.39 is 0 Å². The molecule has 2 aromatic rings. The molecular formula is C20H26N2OS. The fraction of sp³-hybridized carbons (Fsp3) is 0.500. The molecule has 4 heteroatoms. The molecule has 1 aromatic carbocycles. The first-order chi connectivity index (χ1) is 11.5. The summed E-state index contributed by atoms with van der Waals surface area (Å²) in [5, 5.41) is 0.943. The molecule has 0 aliphatic carbocycles. The molecule has 128 valence electrons. The van der Waals surface area contributed by atoms with E-state index >= 15 is 0 Å². The van der Waals surface area contributed by atoms with E-state index in [0.29, 0.717) is 12.5 Å². The normalized spacial score (nSPS) is 18.7. The number of thiazole rings is 1. The highest BCUT2D eigenvalue weighted by Gasteiger charge is 2.22. The van der Waals surface area contributed by atoms with Crippen molar-refractivity contribution in [3.63, 3.8) is 0 Å². The third-order valence-corrected chi connectivity index (χ3v) is 5.76. The van der Waals surface area contributed by atoms with Gasteiger partial charge in [0.1, 0.15) is 10.8 Å². The molecule has 0 bridgehead atoms. The highest BCUT2D eigenvalue weighted by molar-refractivity contribution is 7.12. The van der Waals surface area contributed by atoms with Gasteiger partial charge in [-0.05, 0) is 46.2 Å². The van der Waals surface area contributed by atoms with E-state index in [4.69, 9.17) is 4.98 Å². The van der Waals surface area contributed by atoms with Gasteiger partial charge in [0.25, 0.3) is 0 Å². The summed E-state index contributed by atoms with van der Waals surface area (Å²) in [5.41, 5.74) is 3.48. The molecule has 24 heavy (non-hydrogen) atoms. The summed E-state index contributed by atoms with van der Waals surface area (Å²) < 4.78 is 0. The van der Waals surface area contributed by atoms with Crippen molar-refractivity contribution in [2.45, 2.75) is 59.0 Å². The summed E-state index contributed by atoms with van der Waals surface area (Å²) in [6.07, 6.45) is 4.34. The van der Waals surface area contributed by atoms with Crippen molar-refractivity contribution < 1.29 is 4.79 Å². The van der Waals surface area contributed by atoms with Crippen LogP contribution in [-0.4, -0.2) is 28.3 Å². The van der Waals surface area contributed by atoms with E-state index in [2.05, 4.69) is 43.0 Å². The van der Waals surface area contributed by atoms with Crippen LogP contribution in [0.4, 0.5) is 0 Å². The predicted octanol–water partition coefficient (Wildman–Crippen LogP) is 4.62. The molecule has 1 fully saturated rings. The number of ketones is 1. The van der Waals surface area contributed by atoms with E-state index in [1.165, 1.54) is 35.3 Å². The second kappa shape index (κ2) is 7.58. The Hall–Kier alpha value is -1.52. The van der Waals surface area contributed by atoms with E-state index in [9.17, 15) is 4.79 Å². The Morgan fingerprint density at radius 2 is 2.21 bits per heavy atom. The number of likely N-dealkylation sites (tertiary alicyclic amines) is 1. The summed E-state index contributed by atoms with van der Waals surface area (Å²) in [6.45, 7) is 8.18. The maximum atomic E-state index is 11.5.